The summed E-state index contributed by atoms with van der Waals surface area (Å²) in [4.78, 5) is 30.7. The van der Waals surface area contributed by atoms with Crippen LogP contribution in [-0.2, 0) is 16.2 Å². The maximum atomic E-state index is 13.5. The van der Waals surface area contributed by atoms with Crippen LogP contribution in [0.3, 0.4) is 0 Å². The van der Waals surface area contributed by atoms with Gasteiger partial charge in [0.2, 0.25) is 0 Å². The van der Waals surface area contributed by atoms with Crippen molar-refractivity contribution in [1.82, 2.24) is 9.80 Å². The van der Waals surface area contributed by atoms with E-state index in [1.54, 1.807) is 29.2 Å². The van der Waals surface area contributed by atoms with Gasteiger partial charge in [-0.05, 0) is 80.0 Å². The van der Waals surface area contributed by atoms with Crippen molar-refractivity contribution in [3.8, 4) is 11.5 Å². The Balaban J connectivity index is 1.59. The van der Waals surface area contributed by atoms with Crippen molar-refractivity contribution in [1.29, 1.82) is 0 Å². The van der Waals surface area contributed by atoms with Gasteiger partial charge in [0.15, 0.2) is 0 Å². The van der Waals surface area contributed by atoms with Crippen LogP contribution in [0.5, 0.6) is 11.5 Å². The Labute approximate surface area is 255 Å². The van der Waals surface area contributed by atoms with Crippen LogP contribution in [-0.4, -0.2) is 59.4 Å². The molecule has 0 aliphatic carbocycles. The van der Waals surface area contributed by atoms with E-state index in [1.165, 1.54) is 0 Å². The molecule has 1 unspecified atom stereocenters. The number of nitrogens with zero attached hydrogens (tertiary/aromatic N) is 2. The lowest BCUT2D eigenvalue weighted by Crippen LogP contribution is -2.33. The molecule has 1 atom stereocenters. The Hall–Kier alpha value is -4.10. The molecule has 0 aromatic heterocycles. The van der Waals surface area contributed by atoms with E-state index in [0.717, 1.165) is 62.2 Å². The average molecular weight is 585 g/mol. The van der Waals surface area contributed by atoms with Gasteiger partial charge in [0.1, 0.15) is 23.9 Å². The summed E-state index contributed by atoms with van der Waals surface area (Å²) < 4.78 is 11.8. The molecule has 3 aromatic rings. The van der Waals surface area contributed by atoms with Gasteiger partial charge in [0.25, 0.3) is 11.7 Å². The number of ketones is 1. The molecule has 228 valence electrons. The number of unbranched alkanes of at least 4 members (excludes halogenated alkanes) is 2. The smallest absolute Gasteiger partial charge is 0.295 e. The van der Waals surface area contributed by atoms with Crippen molar-refractivity contribution in [2.24, 2.45) is 0 Å². The second-order valence-electron chi connectivity index (χ2n) is 10.8. The van der Waals surface area contributed by atoms with Gasteiger partial charge in [-0.1, -0.05) is 76.1 Å². The zero-order valence-electron chi connectivity index (χ0n) is 25.6. The van der Waals surface area contributed by atoms with E-state index in [9.17, 15) is 14.7 Å². The maximum absolute atomic E-state index is 13.5. The van der Waals surface area contributed by atoms with Crippen LogP contribution in [0.15, 0.2) is 84.4 Å². The van der Waals surface area contributed by atoms with Gasteiger partial charge >= 0.3 is 0 Å². The highest BCUT2D eigenvalue weighted by atomic mass is 16.5. The first-order valence-corrected chi connectivity index (χ1v) is 15.5. The van der Waals surface area contributed by atoms with E-state index in [0.29, 0.717) is 31.1 Å². The fraction of sp³-hybridized carbons (Fsp3) is 0.389. The molecule has 7 heteroatoms. The monoisotopic (exact) mass is 584 g/mol. The fourth-order valence-corrected chi connectivity index (χ4v) is 5.36. The minimum Gasteiger partial charge on any atom is -0.507 e. The van der Waals surface area contributed by atoms with Crippen molar-refractivity contribution >= 4 is 17.4 Å². The van der Waals surface area contributed by atoms with E-state index in [4.69, 9.17) is 9.47 Å². The summed E-state index contributed by atoms with van der Waals surface area (Å²) in [6.45, 7) is 10.5. The molecule has 3 aromatic carbocycles. The van der Waals surface area contributed by atoms with E-state index in [2.05, 4.69) is 25.7 Å². The number of aliphatic hydroxyl groups excluding tert-OH is 1. The van der Waals surface area contributed by atoms with Gasteiger partial charge in [-0.25, -0.2) is 0 Å². The Bertz CT molecular complexity index is 1350. The molecule has 1 fully saturated rings. The molecular weight excluding hydrogens is 540 g/mol. The summed E-state index contributed by atoms with van der Waals surface area (Å²) in [5.74, 6) is -0.0692. The van der Waals surface area contributed by atoms with Gasteiger partial charge in [-0.2, -0.15) is 0 Å². The topological polar surface area (TPSA) is 79.3 Å². The number of hydrogen-bond donors (Lipinski definition) is 1. The van der Waals surface area contributed by atoms with Crippen molar-refractivity contribution in [3.63, 3.8) is 0 Å². The largest absolute Gasteiger partial charge is 0.507 e. The molecule has 1 saturated heterocycles. The lowest BCUT2D eigenvalue weighted by Gasteiger charge is -2.27. The Morgan fingerprint density at radius 2 is 1.47 bits per heavy atom. The predicted molar refractivity (Wildman–Crippen MR) is 170 cm³/mol. The van der Waals surface area contributed by atoms with Gasteiger partial charge in [0, 0.05) is 12.1 Å². The molecular formula is C36H44N2O5. The molecule has 1 N–H and O–H groups in total. The fourth-order valence-electron chi connectivity index (χ4n) is 5.36. The molecule has 0 spiro atoms. The van der Waals surface area contributed by atoms with Crippen molar-refractivity contribution in [2.75, 3.05) is 32.8 Å². The molecule has 1 aliphatic heterocycles. The third kappa shape index (κ3) is 8.26. The summed E-state index contributed by atoms with van der Waals surface area (Å²) >= 11 is 0. The van der Waals surface area contributed by atoms with Crippen LogP contribution < -0.4 is 9.47 Å². The molecule has 7 nitrogen and oxygen atoms in total. The van der Waals surface area contributed by atoms with E-state index in [1.807, 2.05) is 54.6 Å². The minimum atomic E-state index is -0.695. The first-order chi connectivity index (χ1) is 21.0. The lowest BCUT2D eigenvalue weighted by molar-refractivity contribution is -0.140. The quantitative estimate of drug-likeness (QED) is 0.0846. The summed E-state index contributed by atoms with van der Waals surface area (Å²) in [7, 11) is 0. The standard InChI is InChI=1S/C36H44N2O5/c1-4-7-11-25-42-30-19-15-28(16-20-30)33-32(35(40)36(41)38(33)24-12-23-37(5-2)6-3)34(39)29-17-21-31(22-18-29)43-26-27-13-9-8-10-14-27/h8-10,13-22,33,39H,4-7,11-12,23-26H2,1-3H3. The molecule has 1 heterocycles. The number of benzene rings is 3. The first kappa shape index (κ1) is 31.8. The van der Waals surface area contributed by atoms with Gasteiger partial charge < -0.3 is 24.4 Å². The summed E-state index contributed by atoms with van der Waals surface area (Å²) in [5.41, 5.74) is 2.36. The number of carbonyl (C=O) groups excluding carboxylic acids is 2. The zero-order chi connectivity index (χ0) is 30.6. The molecule has 0 radical (unpaired) electrons. The van der Waals surface area contributed by atoms with E-state index < -0.39 is 17.7 Å². The first-order valence-electron chi connectivity index (χ1n) is 15.5. The molecule has 1 aliphatic rings. The van der Waals surface area contributed by atoms with E-state index in [-0.39, 0.29) is 11.3 Å². The van der Waals surface area contributed by atoms with Crippen LogP contribution in [0.4, 0.5) is 0 Å². The number of hydrogen-bond acceptors (Lipinski definition) is 6. The Morgan fingerprint density at radius 3 is 2.12 bits per heavy atom. The highest BCUT2D eigenvalue weighted by molar-refractivity contribution is 6.46. The molecule has 0 bridgehead atoms. The number of Topliss-reactive ketones (excluding diaryl/α,β-unsaturated/α-hetero) is 1. The second kappa shape index (κ2) is 15.9. The third-order valence-electron chi connectivity index (χ3n) is 7.90. The summed E-state index contributed by atoms with van der Waals surface area (Å²) in [6.07, 6.45) is 3.94. The summed E-state index contributed by atoms with van der Waals surface area (Å²) in [6, 6.07) is 23.6. The minimum absolute atomic E-state index is 0.0995. The number of ether oxygens (including phenoxy) is 2. The van der Waals surface area contributed by atoms with Crippen molar-refractivity contribution in [2.45, 2.75) is 59.1 Å². The van der Waals surface area contributed by atoms with Gasteiger partial charge in [0.05, 0.1) is 18.2 Å². The SMILES string of the molecule is CCCCCOc1ccc(C2C(=C(O)c3ccc(OCc4ccccc4)cc3)C(=O)C(=O)N2CCCN(CC)CC)cc1. The lowest BCUT2D eigenvalue weighted by atomic mass is 9.95. The molecule has 0 saturated carbocycles. The predicted octanol–water partition coefficient (Wildman–Crippen LogP) is 6.99. The highest BCUT2D eigenvalue weighted by Gasteiger charge is 2.45. The number of aliphatic hydroxyl groups is 1. The van der Waals surface area contributed by atoms with Crippen LogP contribution in [0.1, 0.15) is 69.2 Å². The van der Waals surface area contributed by atoms with Crippen LogP contribution in [0.25, 0.3) is 5.76 Å². The molecule has 1 amide bonds. The normalized spacial score (nSPS) is 16.2. The van der Waals surface area contributed by atoms with Crippen LogP contribution in [0.2, 0.25) is 0 Å². The summed E-state index contributed by atoms with van der Waals surface area (Å²) in [5, 5.41) is 11.5. The molecule has 43 heavy (non-hydrogen) atoms. The van der Waals surface area contributed by atoms with Crippen molar-refractivity contribution in [3.05, 3.63) is 101 Å². The van der Waals surface area contributed by atoms with Gasteiger partial charge in [-0.3, -0.25) is 9.59 Å². The number of rotatable bonds is 16. The van der Waals surface area contributed by atoms with Crippen molar-refractivity contribution < 1.29 is 24.2 Å². The molecule has 4 rings (SSSR count). The second-order valence-corrected chi connectivity index (χ2v) is 10.8. The third-order valence-corrected chi connectivity index (χ3v) is 7.90. The Kier molecular flexibility index (Phi) is 11.8. The van der Waals surface area contributed by atoms with Gasteiger partial charge in [-0.15, -0.1) is 0 Å². The number of amides is 1. The van der Waals surface area contributed by atoms with Crippen LogP contribution >= 0.6 is 0 Å². The number of carbonyl (C=O) groups is 2. The highest BCUT2D eigenvalue weighted by Crippen LogP contribution is 2.40. The number of likely N-dealkylation sites (tertiary alicyclic amines) is 1. The van der Waals surface area contributed by atoms with Crippen LogP contribution in [0, 0.1) is 0 Å². The zero-order valence-corrected chi connectivity index (χ0v) is 25.6. The maximum Gasteiger partial charge on any atom is 0.295 e. The van der Waals surface area contributed by atoms with E-state index >= 15 is 0 Å². The Morgan fingerprint density at radius 1 is 0.814 bits per heavy atom. The average Bonchev–Trinajstić information content (AvgIpc) is 3.30.